The minimum absolute atomic E-state index is 0.0143. The van der Waals surface area contributed by atoms with Crippen LogP contribution in [0, 0.1) is 0 Å². The van der Waals surface area contributed by atoms with E-state index in [1.165, 1.54) is 12.1 Å². The Morgan fingerprint density at radius 1 is 1.53 bits per heavy atom. The highest BCUT2D eigenvalue weighted by atomic mass is 35.5. The Bertz CT molecular complexity index is 492. The van der Waals surface area contributed by atoms with Crippen molar-refractivity contribution in [1.82, 2.24) is 0 Å². The van der Waals surface area contributed by atoms with Crippen LogP contribution in [-0.4, -0.2) is 28.8 Å². The fourth-order valence-corrected chi connectivity index (χ4v) is 2.36. The maximum absolute atomic E-state index is 11.6. The molecule has 1 N–H and O–H groups in total. The van der Waals surface area contributed by atoms with E-state index in [1.54, 1.807) is 11.0 Å². The van der Waals surface area contributed by atoms with E-state index in [2.05, 4.69) is 12.6 Å². The Balaban J connectivity index is 2.32. The van der Waals surface area contributed by atoms with E-state index in [1.807, 2.05) is 0 Å². The second kappa shape index (κ2) is 4.58. The third-order valence-electron chi connectivity index (χ3n) is 2.60. The summed E-state index contributed by atoms with van der Waals surface area (Å²) in [6.07, 6.45) is 0.390. The van der Waals surface area contributed by atoms with Crippen molar-refractivity contribution in [2.24, 2.45) is 0 Å². The van der Waals surface area contributed by atoms with Gasteiger partial charge in [-0.3, -0.25) is 4.79 Å². The zero-order valence-electron chi connectivity index (χ0n) is 8.76. The van der Waals surface area contributed by atoms with Crippen LogP contribution in [0.5, 0.6) is 0 Å². The van der Waals surface area contributed by atoms with Crippen molar-refractivity contribution in [3.05, 3.63) is 28.8 Å². The molecule has 0 radical (unpaired) electrons. The number of amides is 1. The molecule has 1 aliphatic heterocycles. The van der Waals surface area contributed by atoms with Gasteiger partial charge in [0.25, 0.3) is 0 Å². The van der Waals surface area contributed by atoms with Crippen molar-refractivity contribution in [2.75, 3.05) is 11.4 Å². The lowest BCUT2D eigenvalue weighted by atomic mass is 10.2. The number of thiol groups is 1. The molecule has 1 saturated heterocycles. The van der Waals surface area contributed by atoms with Gasteiger partial charge in [-0.1, -0.05) is 11.6 Å². The van der Waals surface area contributed by atoms with Crippen LogP contribution in [0.25, 0.3) is 0 Å². The van der Waals surface area contributed by atoms with Crippen molar-refractivity contribution < 1.29 is 14.7 Å². The van der Waals surface area contributed by atoms with Gasteiger partial charge in [0, 0.05) is 23.9 Å². The molecule has 6 heteroatoms. The molecule has 1 fully saturated rings. The van der Waals surface area contributed by atoms with Crippen LogP contribution in [0.15, 0.2) is 18.2 Å². The number of carbonyl (C=O) groups is 2. The van der Waals surface area contributed by atoms with Crippen molar-refractivity contribution in [3.63, 3.8) is 0 Å². The highest BCUT2D eigenvalue weighted by molar-refractivity contribution is 7.81. The first-order chi connectivity index (χ1) is 7.99. The molecular formula is C11H10ClNO3S. The molecule has 4 nitrogen and oxygen atoms in total. The fourth-order valence-electron chi connectivity index (χ4n) is 1.78. The predicted octanol–water partition coefficient (Wildman–Crippen LogP) is 2.07. The summed E-state index contributed by atoms with van der Waals surface area (Å²) < 4.78 is 0. The number of carboxylic acid groups (broad SMARTS) is 1. The lowest BCUT2D eigenvalue weighted by Gasteiger charge is -2.16. The zero-order chi connectivity index (χ0) is 12.6. The minimum atomic E-state index is -1.08. The average molecular weight is 272 g/mol. The predicted molar refractivity (Wildman–Crippen MR) is 68.2 cm³/mol. The number of rotatable bonds is 2. The number of carbonyl (C=O) groups excluding carboxylic acids is 1. The molecule has 1 amide bonds. The number of hydrogen-bond donors (Lipinski definition) is 2. The molecule has 1 aromatic carbocycles. The quantitative estimate of drug-likeness (QED) is 0.810. The number of hydrogen-bond acceptors (Lipinski definition) is 3. The fraction of sp³-hybridized carbons (Fsp3) is 0.273. The molecule has 0 aromatic heterocycles. The Morgan fingerprint density at radius 2 is 2.24 bits per heavy atom. The van der Waals surface area contributed by atoms with Crippen LogP contribution in [0.3, 0.4) is 0 Å². The summed E-state index contributed by atoms with van der Waals surface area (Å²) in [6, 6.07) is 4.48. The van der Waals surface area contributed by atoms with Gasteiger partial charge in [-0.2, -0.15) is 12.6 Å². The molecule has 1 unspecified atom stereocenters. The first-order valence-corrected chi connectivity index (χ1v) is 5.89. The summed E-state index contributed by atoms with van der Waals surface area (Å²) >= 11 is 10.1. The monoisotopic (exact) mass is 271 g/mol. The van der Waals surface area contributed by atoms with Crippen LogP contribution in [0.4, 0.5) is 5.69 Å². The first-order valence-electron chi connectivity index (χ1n) is 5.00. The lowest BCUT2D eigenvalue weighted by Crippen LogP contribution is -2.24. The third-order valence-corrected chi connectivity index (χ3v) is 3.26. The van der Waals surface area contributed by atoms with Gasteiger partial charge in [0.05, 0.1) is 10.6 Å². The molecule has 0 spiro atoms. The molecule has 0 bridgehead atoms. The SMILES string of the molecule is O=C(O)c1ccc(N2CC(S)CC2=O)cc1Cl. The van der Waals surface area contributed by atoms with Gasteiger partial charge >= 0.3 is 5.97 Å². The molecule has 1 heterocycles. The lowest BCUT2D eigenvalue weighted by molar-refractivity contribution is -0.117. The number of anilines is 1. The van der Waals surface area contributed by atoms with Crippen molar-refractivity contribution in [2.45, 2.75) is 11.7 Å². The number of carboxylic acids is 1. The average Bonchev–Trinajstić information content (AvgIpc) is 2.57. The normalized spacial score (nSPS) is 19.8. The van der Waals surface area contributed by atoms with Crippen molar-refractivity contribution in [3.8, 4) is 0 Å². The molecule has 1 aromatic rings. The molecule has 0 aliphatic carbocycles. The van der Waals surface area contributed by atoms with E-state index in [-0.39, 0.29) is 21.7 Å². The van der Waals surface area contributed by atoms with Crippen LogP contribution >= 0.6 is 24.2 Å². The van der Waals surface area contributed by atoms with Crippen LogP contribution in [-0.2, 0) is 4.79 Å². The summed E-state index contributed by atoms with van der Waals surface area (Å²) in [7, 11) is 0. The molecule has 17 heavy (non-hydrogen) atoms. The Kier molecular flexibility index (Phi) is 3.31. The van der Waals surface area contributed by atoms with Gasteiger partial charge in [-0.25, -0.2) is 4.79 Å². The number of aromatic carboxylic acids is 1. The number of nitrogens with zero attached hydrogens (tertiary/aromatic N) is 1. The maximum atomic E-state index is 11.6. The van der Waals surface area contributed by atoms with Crippen molar-refractivity contribution in [1.29, 1.82) is 0 Å². The molecule has 0 saturated carbocycles. The summed E-state index contributed by atoms with van der Waals surface area (Å²) in [5.74, 6) is -1.11. The van der Waals surface area contributed by atoms with Crippen LogP contribution in [0.2, 0.25) is 5.02 Å². The standard InChI is InChI=1S/C11H10ClNO3S/c12-9-3-6(1-2-8(9)11(15)16)13-5-7(17)4-10(13)14/h1-3,7,17H,4-5H2,(H,15,16). The van der Waals surface area contributed by atoms with Crippen LogP contribution in [0.1, 0.15) is 16.8 Å². The zero-order valence-corrected chi connectivity index (χ0v) is 10.4. The highest BCUT2D eigenvalue weighted by Gasteiger charge is 2.28. The van der Waals surface area contributed by atoms with Crippen LogP contribution < -0.4 is 4.90 Å². The smallest absolute Gasteiger partial charge is 0.337 e. The van der Waals surface area contributed by atoms with Crippen molar-refractivity contribution >= 4 is 41.8 Å². The molecule has 1 atom stereocenters. The summed E-state index contributed by atoms with van der Waals surface area (Å²) in [5, 5.41) is 8.98. The van der Waals surface area contributed by atoms with E-state index in [4.69, 9.17) is 16.7 Å². The van der Waals surface area contributed by atoms with Gasteiger partial charge in [0.15, 0.2) is 0 Å². The molecule has 90 valence electrons. The van der Waals surface area contributed by atoms with E-state index >= 15 is 0 Å². The minimum Gasteiger partial charge on any atom is -0.478 e. The third kappa shape index (κ3) is 2.40. The van der Waals surface area contributed by atoms with Gasteiger partial charge in [0.2, 0.25) is 5.91 Å². The van der Waals surface area contributed by atoms with E-state index in [0.29, 0.717) is 18.7 Å². The van der Waals surface area contributed by atoms with E-state index < -0.39 is 5.97 Å². The van der Waals surface area contributed by atoms with Gasteiger partial charge < -0.3 is 10.0 Å². The molecule has 1 aliphatic rings. The van der Waals surface area contributed by atoms with Gasteiger partial charge in [-0.05, 0) is 18.2 Å². The number of halogens is 1. The molecular weight excluding hydrogens is 262 g/mol. The summed E-state index contributed by atoms with van der Waals surface area (Å²) in [5.41, 5.74) is 0.644. The maximum Gasteiger partial charge on any atom is 0.337 e. The van der Waals surface area contributed by atoms with E-state index in [9.17, 15) is 9.59 Å². The molecule has 2 rings (SSSR count). The van der Waals surface area contributed by atoms with Gasteiger partial charge in [-0.15, -0.1) is 0 Å². The highest BCUT2D eigenvalue weighted by Crippen LogP contribution is 2.28. The van der Waals surface area contributed by atoms with E-state index in [0.717, 1.165) is 0 Å². The van der Waals surface area contributed by atoms with Gasteiger partial charge in [0.1, 0.15) is 0 Å². The first kappa shape index (κ1) is 12.3. The Hall–Kier alpha value is -1.20. The second-order valence-corrected chi connectivity index (χ2v) is 4.97. The largest absolute Gasteiger partial charge is 0.478 e. The summed E-state index contributed by atoms with van der Waals surface area (Å²) in [6.45, 7) is 0.519. The topological polar surface area (TPSA) is 57.6 Å². The number of benzene rings is 1. The Labute approximate surface area is 109 Å². The second-order valence-electron chi connectivity index (χ2n) is 3.83. The summed E-state index contributed by atoms with van der Waals surface area (Å²) in [4.78, 5) is 24.0. The Morgan fingerprint density at radius 3 is 2.71 bits per heavy atom.